The van der Waals surface area contributed by atoms with Crippen molar-refractivity contribution in [2.75, 3.05) is 26.0 Å². The molecule has 27 heavy (non-hydrogen) atoms. The number of carbonyl (C=O) groups excluding carboxylic acids is 2. The highest BCUT2D eigenvalue weighted by molar-refractivity contribution is 5.99. The largest absolute Gasteiger partial charge is 0.393 e. The molecule has 3 N–H and O–H groups in total. The summed E-state index contributed by atoms with van der Waals surface area (Å²) in [6.07, 6.45) is 4.83. The fourth-order valence-electron chi connectivity index (χ4n) is 3.05. The van der Waals surface area contributed by atoms with Crippen molar-refractivity contribution < 1.29 is 14.7 Å². The maximum absolute atomic E-state index is 12.3. The average Bonchev–Trinajstić information content (AvgIpc) is 2.67. The van der Waals surface area contributed by atoms with Crippen molar-refractivity contribution in [1.29, 1.82) is 0 Å². The van der Waals surface area contributed by atoms with Gasteiger partial charge >= 0.3 is 0 Å². The third-order valence-electron chi connectivity index (χ3n) is 4.77. The number of benzene rings is 1. The quantitative estimate of drug-likeness (QED) is 0.728. The summed E-state index contributed by atoms with van der Waals surface area (Å²) in [5, 5.41) is 16.4. The molecule has 2 aromatic rings. The lowest BCUT2D eigenvalue weighted by molar-refractivity contribution is -0.127. The van der Waals surface area contributed by atoms with Gasteiger partial charge in [0.15, 0.2) is 0 Å². The maximum Gasteiger partial charge on any atom is 0.251 e. The second-order valence-corrected chi connectivity index (χ2v) is 7.09. The average molecular weight is 371 g/mol. The molecule has 1 fully saturated rings. The van der Waals surface area contributed by atoms with E-state index >= 15 is 0 Å². The minimum Gasteiger partial charge on any atom is -0.393 e. The number of nitrogens with one attached hydrogen (secondary N) is 2. The molecular formula is C19H25N5O3. The fourth-order valence-corrected chi connectivity index (χ4v) is 3.05. The molecule has 1 aliphatic carbocycles. The third kappa shape index (κ3) is 4.91. The van der Waals surface area contributed by atoms with Crippen LogP contribution in [0.1, 0.15) is 36.0 Å². The van der Waals surface area contributed by atoms with Gasteiger partial charge in [-0.2, -0.15) is 0 Å². The summed E-state index contributed by atoms with van der Waals surface area (Å²) in [5.41, 5.74) is 1.11. The Morgan fingerprint density at radius 2 is 1.96 bits per heavy atom. The molecule has 1 aromatic heterocycles. The number of likely N-dealkylation sites (N-methyl/N-ethyl adjacent to an activating group) is 1. The molecule has 144 valence electrons. The Hall–Kier alpha value is -2.74. The van der Waals surface area contributed by atoms with Gasteiger partial charge in [-0.25, -0.2) is 9.97 Å². The van der Waals surface area contributed by atoms with Gasteiger partial charge < -0.3 is 20.6 Å². The number of aliphatic hydroxyl groups excluding tert-OH is 1. The number of nitrogens with zero attached hydrogens (tertiary/aromatic N) is 3. The molecule has 1 aromatic carbocycles. The lowest BCUT2D eigenvalue weighted by Gasteiger charge is -2.26. The molecule has 0 radical (unpaired) electrons. The Morgan fingerprint density at radius 3 is 2.67 bits per heavy atom. The van der Waals surface area contributed by atoms with E-state index in [1.54, 1.807) is 38.5 Å². The molecule has 0 unspecified atom stereocenters. The first-order valence-corrected chi connectivity index (χ1v) is 9.12. The smallest absolute Gasteiger partial charge is 0.251 e. The second-order valence-electron chi connectivity index (χ2n) is 7.09. The number of hydrogen-bond donors (Lipinski definition) is 3. The predicted molar refractivity (Wildman–Crippen MR) is 102 cm³/mol. The highest BCUT2D eigenvalue weighted by Crippen LogP contribution is 2.22. The monoisotopic (exact) mass is 371 g/mol. The topological polar surface area (TPSA) is 107 Å². The Morgan fingerprint density at radius 1 is 1.22 bits per heavy atom. The van der Waals surface area contributed by atoms with Gasteiger partial charge in [0, 0.05) is 37.3 Å². The Labute approximate surface area is 158 Å². The molecule has 1 saturated carbocycles. The van der Waals surface area contributed by atoms with Crippen molar-refractivity contribution in [3.8, 4) is 0 Å². The lowest BCUT2D eigenvalue weighted by atomic mass is 9.93. The minimum absolute atomic E-state index is 0.0476. The van der Waals surface area contributed by atoms with E-state index in [9.17, 15) is 14.7 Å². The van der Waals surface area contributed by atoms with Gasteiger partial charge in [0.2, 0.25) is 11.9 Å². The zero-order chi connectivity index (χ0) is 19.4. The number of fused-ring (bicyclic) bond motifs is 1. The van der Waals surface area contributed by atoms with E-state index in [1.165, 1.54) is 4.90 Å². The van der Waals surface area contributed by atoms with Crippen LogP contribution in [-0.2, 0) is 4.79 Å². The molecule has 0 aliphatic heterocycles. The molecule has 3 rings (SSSR count). The van der Waals surface area contributed by atoms with Crippen LogP contribution in [0.2, 0.25) is 0 Å². The van der Waals surface area contributed by atoms with Crippen LogP contribution in [-0.4, -0.2) is 64.6 Å². The molecule has 0 spiro atoms. The fraction of sp³-hybridized carbons (Fsp3) is 0.474. The van der Waals surface area contributed by atoms with Gasteiger partial charge in [-0.15, -0.1) is 0 Å². The number of hydrogen-bond acceptors (Lipinski definition) is 6. The normalized spacial score (nSPS) is 19.5. The van der Waals surface area contributed by atoms with E-state index in [1.807, 2.05) is 0 Å². The Bertz CT molecular complexity index is 831. The highest BCUT2D eigenvalue weighted by atomic mass is 16.3. The molecule has 0 atom stereocenters. The summed E-state index contributed by atoms with van der Waals surface area (Å²) in [6, 6.07) is 5.42. The van der Waals surface area contributed by atoms with Crippen molar-refractivity contribution in [2.24, 2.45) is 0 Å². The van der Waals surface area contributed by atoms with E-state index in [0.29, 0.717) is 17.0 Å². The standard InChI is InChI=1S/C19H25N5O3/c1-24(2)17(26)11-20-18(27)12-3-4-13-10-21-19(23-16(13)9-12)22-14-5-7-15(25)8-6-14/h3-4,9-10,14-15,25H,5-8,11H2,1-2H3,(H,20,27)(H,21,22,23). The number of amides is 2. The second kappa shape index (κ2) is 8.30. The Balaban J connectivity index is 1.70. The summed E-state index contributed by atoms with van der Waals surface area (Å²) >= 11 is 0. The van der Waals surface area contributed by atoms with E-state index in [0.717, 1.165) is 31.1 Å². The zero-order valence-corrected chi connectivity index (χ0v) is 15.6. The van der Waals surface area contributed by atoms with Gasteiger partial charge in [-0.3, -0.25) is 9.59 Å². The van der Waals surface area contributed by atoms with E-state index < -0.39 is 0 Å². The molecule has 8 nitrogen and oxygen atoms in total. The predicted octanol–water partition coefficient (Wildman–Crippen LogP) is 1.16. The van der Waals surface area contributed by atoms with Crippen LogP contribution >= 0.6 is 0 Å². The first-order chi connectivity index (χ1) is 12.9. The lowest BCUT2D eigenvalue weighted by Crippen LogP contribution is -2.36. The minimum atomic E-state index is -0.318. The number of aromatic nitrogens is 2. The first-order valence-electron chi connectivity index (χ1n) is 9.12. The molecule has 8 heteroatoms. The number of carbonyl (C=O) groups is 2. The number of rotatable bonds is 5. The molecule has 0 bridgehead atoms. The van der Waals surface area contributed by atoms with Crippen molar-refractivity contribution in [1.82, 2.24) is 20.2 Å². The van der Waals surface area contributed by atoms with Crippen LogP contribution in [0, 0.1) is 0 Å². The summed E-state index contributed by atoms with van der Waals surface area (Å²) in [6.45, 7) is -0.0476. The van der Waals surface area contributed by atoms with Crippen LogP contribution in [0.25, 0.3) is 10.9 Å². The van der Waals surface area contributed by atoms with E-state index in [2.05, 4.69) is 20.6 Å². The Kier molecular flexibility index (Phi) is 5.85. The summed E-state index contributed by atoms with van der Waals surface area (Å²) < 4.78 is 0. The van der Waals surface area contributed by atoms with Gasteiger partial charge in [0.1, 0.15) is 0 Å². The maximum atomic E-state index is 12.3. The van der Waals surface area contributed by atoms with Crippen LogP contribution in [0.15, 0.2) is 24.4 Å². The van der Waals surface area contributed by atoms with Crippen LogP contribution in [0.5, 0.6) is 0 Å². The van der Waals surface area contributed by atoms with Crippen molar-refractivity contribution in [3.05, 3.63) is 30.0 Å². The van der Waals surface area contributed by atoms with Crippen LogP contribution in [0.4, 0.5) is 5.95 Å². The van der Waals surface area contributed by atoms with Gasteiger partial charge in [0.05, 0.1) is 18.2 Å². The van der Waals surface area contributed by atoms with Gasteiger partial charge in [-0.05, 0) is 37.8 Å². The summed E-state index contributed by atoms with van der Waals surface area (Å²) in [4.78, 5) is 34.2. The summed E-state index contributed by atoms with van der Waals surface area (Å²) in [5.74, 6) is 0.0290. The van der Waals surface area contributed by atoms with Crippen molar-refractivity contribution >= 4 is 28.7 Å². The van der Waals surface area contributed by atoms with Crippen molar-refractivity contribution in [2.45, 2.75) is 37.8 Å². The zero-order valence-electron chi connectivity index (χ0n) is 15.6. The highest BCUT2D eigenvalue weighted by Gasteiger charge is 2.20. The van der Waals surface area contributed by atoms with E-state index in [-0.39, 0.29) is 30.5 Å². The van der Waals surface area contributed by atoms with E-state index in [4.69, 9.17) is 0 Å². The molecule has 0 saturated heterocycles. The first kappa shape index (κ1) is 19.0. The summed E-state index contributed by atoms with van der Waals surface area (Å²) in [7, 11) is 3.28. The third-order valence-corrected chi connectivity index (χ3v) is 4.77. The van der Waals surface area contributed by atoms with Crippen LogP contribution in [0.3, 0.4) is 0 Å². The number of aliphatic hydroxyl groups is 1. The molecule has 1 aliphatic rings. The molecule has 1 heterocycles. The molecule has 2 amide bonds. The van der Waals surface area contributed by atoms with Crippen molar-refractivity contribution in [3.63, 3.8) is 0 Å². The van der Waals surface area contributed by atoms with Gasteiger partial charge in [-0.1, -0.05) is 6.07 Å². The van der Waals surface area contributed by atoms with Crippen LogP contribution < -0.4 is 10.6 Å². The number of anilines is 1. The SMILES string of the molecule is CN(C)C(=O)CNC(=O)c1ccc2cnc(NC3CCC(O)CC3)nc2c1. The molecular weight excluding hydrogens is 346 g/mol. The van der Waals surface area contributed by atoms with Gasteiger partial charge in [0.25, 0.3) is 5.91 Å².